The minimum atomic E-state index is -0.767. The van der Waals surface area contributed by atoms with Crippen LogP contribution in [0.5, 0.6) is 0 Å². The number of dihydropyridines is 1. The van der Waals surface area contributed by atoms with Gasteiger partial charge in [0.2, 0.25) is 5.89 Å². The van der Waals surface area contributed by atoms with Gasteiger partial charge in [0, 0.05) is 53.2 Å². The SMILES string of the molecule is FC1CCC2N=CC=C(Nc3cccc(-c4nc5ncc(Nc6ccncc6)cc5o4)c3)C2C1. The average molecular weight is 455 g/mol. The van der Waals surface area contributed by atoms with Gasteiger partial charge in [-0.3, -0.25) is 9.98 Å². The number of rotatable bonds is 5. The van der Waals surface area contributed by atoms with Gasteiger partial charge in [-0.25, -0.2) is 9.37 Å². The molecule has 3 atom stereocenters. The second kappa shape index (κ2) is 8.70. The van der Waals surface area contributed by atoms with Crippen molar-refractivity contribution in [3.63, 3.8) is 0 Å². The van der Waals surface area contributed by atoms with Gasteiger partial charge in [0.1, 0.15) is 6.17 Å². The smallest absolute Gasteiger partial charge is 0.228 e. The summed E-state index contributed by atoms with van der Waals surface area (Å²) in [4.78, 5) is 17.6. The Morgan fingerprint density at radius 3 is 2.79 bits per heavy atom. The average Bonchev–Trinajstić information content (AvgIpc) is 3.29. The van der Waals surface area contributed by atoms with Crippen LogP contribution in [0.15, 0.2) is 82.2 Å². The zero-order valence-electron chi connectivity index (χ0n) is 18.4. The molecule has 2 N–H and O–H groups in total. The molecule has 34 heavy (non-hydrogen) atoms. The molecule has 4 heterocycles. The van der Waals surface area contributed by atoms with Crippen LogP contribution < -0.4 is 10.6 Å². The lowest BCUT2D eigenvalue weighted by molar-refractivity contribution is 0.196. The molecule has 3 aromatic heterocycles. The molecule has 1 aromatic carbocycles. The van der Waals surface area contributed by atoms with Crippen molar-refractivity contribution >= 4 is 34.5 Å². The maximum absolute atomic E-state index is 14.1. The minimum absolute atomic E-state index is 0.0808. The number of oxazole rings is 1. The number of anilines is 3. The highest BCUT2D eigenvalue weighted by atomic mass is 19.1. The van der Waals surface area contributed by atoms with Crippen molar-refractivity contribution in [1.82, 2.24) is 15.0 Å². The molecule has 3 unspecified atom stereocenters. The van der Waals surface area contributed by atoms with E-state index >= 15 is 0 Å². The molecule has 170 valence electrons. The number of nitrogens with one attached hydrogen (secondary N) is 2. The molecule has 1 aliphatic heterocycles. The molecule has 6 rings (SSSR count). The van der Waals surface area contributed by atoms with Crippen molar-refractivity contribution in [3.05, 3.63) is 72.8 Å². The van der Waals surface area contributed by atoms with Gasteiger partial charge < -0.3 is 15.1 Å². The summed E-state index contributed by atoms with van der Waals surface area (Å²) in [5.74, 6) is 0.572. The first-order valence-electron chi connectivity index (χ1n) is 11.4. The Hall–Kier alpha value is -4.07. The molecule has 4 aromatic rings. The number of aromatic nitrogens is 3. The Morgan fingerprint density at radius 1 is 0.971 bits per heavy atom. The second-order valence-electron chi connectivity index (χ2n) is 8.64. The van der Waals surface area contributed by atoms with Gasteiger partial charge in [0.15, 0.2) is 11.2 Å². The van der Waals surface area contributed by atoms with Crippen molar-refractivity contribution in [2.24, 2.45) is 10.9 Å². The third kappa shape index (κ3) is 4.14. The molecule has 0 saturated heterocycles. The molecule has 1 saturated carbocycles. The van der Waals surface area contributed by atoms with Crippen LogP contribution in [0.4, 0.5) is 21.5 Å². The van der Waals surface area contributed by atoms with E-state index in [0.29, 0.717) is 30.0 Å². The molecular weight excluding hydrogens is 431 g/mol. The summed E-state index contributed by atoms with van der Waals surface area (Å²) in [5, 5.41) is 6.77. The first kappa shape index (κ1) is 20.5. The van der Waals surface area contributed by atoms with Crippen LogP contribution in [0.25, 0.3) is 22.7 Å². The number of alkyl halides is 1. The normalized spacial score (nSPS) is 21.7. The number of allylic oxidation sites excluding steroid dienone is 1. The van der Waals surface area contributed by atoms with Crippen LogP contribution in [-0.2, 0) is 0 Å². The maximum Gasteiger partial charge on any atom is 0.228 e. The molecular formula is C26H23FN6O. The predicted octanol–water partition coefficient (Wildman–Crippen LogP) is 5.92. The lowest BCUT2D eigenvalue weighted by atomic mass is 9.80. The summed E-state index contributed by atoms with van der Waals surface area (Å²) in [7, 11) is 0. The van der Waals surface area contributed by atoms with E-state index in [1.54, 1.807) is 18.6 Å². The Morgan fingerprint density at radius 2 is 1.88 bits per heavy atom. The van der Waals surface area contributed by atoms with Crippen LogP contribution in [0.3, 0.4) is 0 Å². The molecule has 7 nitrogen and oxygen atoms in total. The van der Waals surface area contributed by atoms with Gasteiger partial charge >= 0.3 is 0 Å². The van der Waals surface area contributed by atoms with Crippen LogP contribution in [0.2, 0.25) is 0 Å². The lowest BCUT2D eigenvalue weighted by Gasteiger charge is -2.34. The molecule has 1 fully saturated rings. The van der Waals surface area contributed by atoms with Crippen molar-refractivity contribution in [3.8, 4) is 11.5 Å². The monoisotopic (exact) mass is 454 g/mol. The third-order valence-corrected chi connectivity index (χ3v) is 6.30. The minimum Gasteiger partial charge on any atom is -0.434 e. The number of benzene rings is 1. The van der Waals surface area contributed by atoms with Crippen molar-refractivity contribution in [2.75, 3.05) is 10.6 Å². The van der Waals surface area contributed by atoms with Crippen LogP contribution in [-0.4, -0.2) is 33.4 Å². The van der Waals surface area contributed by atoms with Crippen LogP contribution in [0, 0.1) is 5.92 Å². The fraction of sp³-hybridized carbons (Fsp3) is 0.231. The molecule has 0 radical (unpaired) electrons. The summed E-state index contributed by atoms with van der Waals surface area (Å²) >= 11 is 0. The second-order valence-corrected chi connectivity index (χ2v) is 8.64. The van der Waals surface area contributed by atoms with E-state index in [-0.39, 0.29) is 12.0 Å². The standard InChI is InChI=1S/C26H23FN6O/c27-17-4-5-22-21(13-17)23(8-11-29-22)32-19-3-1-2-16(12-19)26-33-25-24(34-26)14-20(15-30-25)31-18-6-9-28-10-7-18/h1-3,6-12,14-15,17,21-22,32H,4-5,13H2,(H,28,31). The van der Waals surface area contributed by atoms with Crippen molar-refractivity contribution in [1.29, 1.82) is 0 Å². The highest BCUT2D eigenvalue weighted by Gasteiger charge is 2.34. The van der Waals surface area contributed by atoms with E-state index in [1.165, 1.54) is 0 Å². The predicted molar refractivity (Wildman–Crippen MR) is 131 cm³/mol. The highest BCUT2D eigenvalue weighted by molar-refractivity contribution is 5.78. The van der Waals surface area contributed by atoms with E-state index in [4.69, 9.17) is 4.42 Å². The summed E-state index contributed by atoms with van der Waals surface area (Å²) in [6, 6.07) is 13.7. The third-order valence-electron chi connectivity index (χ3n) is 6.30. The molecule has 1 aliphatic carbocycles. The van der Waals surface area contributed by atoms with E-state index in [1.807, 2.05) is 54.8 Å². The van der Waals surface area contributed by atoms with E-state index < -0.39 is 6.17 Å². The van der Waals surface area contributed by atoms with E-state index in [0.717, 1.165) is 34.7 Å². The first-order valence-corrected chi connectivity index (χ1v) is 11.4. The van der Waals surface area contributed by atoms with Gasteiger partial charge in [0.25, 0.3) is 0 Å². The Bertz CT molecular complexity index is 1380. The number of fused-ring (bicyclic) bond motifs is 2. The summed E-state index contributed by atoms with van der Waals surface area (Å²) in [6.45, 7) is 0. The first-order chi connectivity index (χ1) is 16.7. The van der Waals surface area contributed by atoms with Gasteiger partial charge in [-0.05, 0) is 55.7 Å². The number of aliphatic imine (C=N–C) groups is 1. The maximum atomic E-state index is 14.1. The van der Waals surface area contributed by atoms with Crippen LogP contribution in [0.1, 0.15) is 19.3 Å². The fourth-order valence-electron chi connectivity index (χ4n) is 4.62. The largest absolute Gasteiger partial charge is 0.434 e. The Balaban J connectivity index is 1.24. The van der Waals surface area contributed by atoms with Crippen molar-refractivity contribution < 1.29 is 8.81 Å². The molecule has 2 aliphatic rings. The Labute approximate surface area is 195 Å². The molecule has 0 bridgehead atoms. The van der Waals surface area contributed by atoms with Crippen molar-refractivity contribution in [2.45, 2.75) is 31.5 Å². The number of nitrogens with zero attached hydrogens (tertiary/aromatic N) is 4. The number of hydrogen-bond donors (Lipinski definition) is 2. The van der Waals surface area contributed by atoms with Crippen LogP contribution >= 0.6 is 0 Å². The number of halogens is 1. The highest BCUT2D eigenvalue weighted by Crippen LogP contribution is 2.36. The Kier molecular flexibility index (Phi) is 5.25. The molecule has 0 amide bonds. The lowest BCUT2D eigenvalue weighted by Crippen LogP contribution is -2.34. The van der Waals surface area contributed by atoms with Gasteiger partial charge in [-0.2, -0.15) is 4.98 Å². The topological polar surface area (TPSA) is 88.2 Å². The van der Waals surface area contributed by atoms with E-state index in [9.17, 15) is 4.39 Å². The zero-order valence-corrected chi connectivity index (χ0v) is 18.4. The number of hydrogen-bond acceptors (Lipinski definition) is 7. The zero-order chi connectivity index (χ0) is 22.9. The quantitative estimate of drug-likeness (QED) is 0.389. The fourth-order valence-corrected chi connectivity index (χ4v) is 4.62. The number of pyridine rings is 2. The summed E-state index contributed by atoms with van der Waals surface area (Å²) in [6.07, 6.45) is 10.1. The van der Waals surface area contributed by atoms with Gasteiger partial charge in [-0.1, -0.05) is 6.07 Å². The molecule has 0 spiro atoms. The van der Waals surface area contributed by atoms with Gasteiger partial charge in [-0.15, -0.1) is 0 Å². The van der Waals surface area contributed by atoms with E-state index in [2.05, 4.69) is 30.6 Å². The van der Waals surface area contributed by atoms with Gasteiger partial charge in [0.05, 0.1) is 17.9 Å². The summed E-state index contributed by atoms with van der Waals surface area (Å²) < 4.78 is 20.1. The summed E-state index contributed by atoms with van der Waals surface area (Å²) in [5.41, 5.74) is 5.59. The molecule has 8 heteroatoms.